The Morgan fingerprint density at radius 3 is 2.12 bits per heavy atom. The molecule has 0 rings (SSSR count). The molecule has 0 spiro atoms. The molecule has 100 valence electrons. The Balaban J connectivity index is 4.05. The van der Waals surface area contributed by atoms with Crippen molar-refractivity contribution in [3.05, 3.63) is 0 Å². The summed E-state index contributed by atoms with van der Waals surface area (Å²) in [6.45, 7) is 8.06. The second-order valence-corrected chi connectivity index (χ2v) is 4.56. The van der Waals surface area contributed by atoms with E-state index < -0.39 is 11.9 Å². The van der Waals surface area contributed by atoms with Gasteiger partial charge in [0.05, 0.1) is 5.92 Å². The standard InChI is InChI=1S/C12H24N2O3/c1-5-9(11(15)16)7-13-12(17)14-10(6-2)8(3)4/h8-10H,5-7H2,1-4H3,(H,15,16)(H2,13,14,17). The Hall–Kier alpha value is -1.26. The predicted molar refractivity (Wildman–Crippen MR) is 66.9 cm³/mol. The highest BCUT2D eigenvalue weighted by Gasteiger charge is 2.18. The quantitative estimate of drug-likeness (QED) is 0.639. The van der Waals surface area contributed by atoms with Gasteiger partial charge in [-0.3, -0.25) is 4.79 Å². The molecule has 2 amide bonds. The number of aliphatic carboxylic acids is 1. The molecular formula is C12H24N2O3. The van der Waals surface area contributed by atoms with Crippen molar-refractivity contribution in [2.45, 2.75) is 46.6 Å². The van der Waals surface area contributed by atoms with Gasteiger partial charge in [-0.25, -0.2) is 4.79 Å². The molecule has 0 saturated heterocycles. The first-order chi connectivity index (χ1) is 7.92. The topological polar surface area (TPSA) is 78.4 Å². The fourth-order valence-corrected chi connectivity index (χ4v) is 1.58. The van der Waals surface area contributed by atoms with Crippen LogP contribution in [0.15, 0.2) is 0 Å². The van der Waals surface area contributed by atoms with Crippen LogP contribution in [0.25, 0.3) is 0 Å². The van der Waals surface area contributed by atoms with Crippen molar-refractivity contribution in [1.82, 2.24) is 10.6 Å². The average Bonchev–Trinajstić information content (AvgIpc) is 2.25. The summed E-state index contributed by atoms with van der Waals surface area (Å²) >= 11 is 0. The van der Waals surface area contributed by atoms with Gasteiger partial charge in [0.25, 0.3) is 0 Å². The summed E-state index contributed by atoms with van der Waals surface area (Å²) < 4.78 is 0. The third kappa shape index (κ3) is 6.14. The van der Waals surface area contributed by atoms with E-state index in [0.29, 0.717) is 12.3 Å². The van der Waals surface area contributed by atoms with E-state index in [9.17, 15) is 9.59 Å². The van der Waals surface area contributed by atoms with Crippen LogP contribution in [0.1, 0.15) is 40.5 Å². The Bertz CT molecular complexity index is 254. The number of carboxylic acid groups (broad SMARTS) is 1. The predicted octanol–water partition coefficient (Wildman–Crippen LogP) is 1.83. The molecule has 0 aromatic carbocycles. The van der Waals surface area contributed by atoms with E-state index in [0.717, 1.165) is 6.42 Å². The molecule has 0 heterocycles. The van der Waals surface area contributed by atoms with E-state index in [2.05, 4.69) is 10.6 Å². The fraction of sp³-hybridized carbons (Fsp3) is 0.833. The number of carbonyl (C=O) groups is 2. The van der Waals surface area contributed by atoms with Crippen LogP contribution in [0.5, 0.6) is 0 Å². The van der Waals surface area contributed by atoms with Crippen LogP contribution in [-0.4, -0.2) is 29.7 Å². The second kappa shape index (κ2) is 7.92. The summed E-state index contributed by atoms with van der Waals surface area (Å²) in [6, 6.07) is -0.162. The van der Waals surface area contributed by atoms with Gasteiger partial charge in [0.2, 0.25) is 0 Å². The Kier molecular flexibility index (Phi) is 7.34. The van der Waals surface area contributed by atoms with Crippen LogP contribution in [0.2, 0.25) is 0 Å². The third-order valence-electron chi connectivity index (χ3n) is 2.91. The zero-order valence-electron chi connectivity index (χ0n) is 11.1. The second-order valence-electron chi connectivity index (χ2n) is 4.56. The zero-order chi connectivity index (χ0) is 13.4. The summed E-state index contributed by atoms with van der Waals surface area (Å²) in [5.41, 5.74) is 0. The number of rotatable bonds is 7. The first-order valence-electron chi connectivity index (χ1n) is 6.19. The lowest BCUT2D eigenvalue weighted by Gasteiger charge is -2.21. The van der Waals surface area contributed by atoms with Crippen molar-refractivity contribution >= 4 is 12.0 Å². The van der Waals surface area contributed by atoms with Gasteiger partial charge in [0.15, 0.2) is 0 Å². The number of hydrogen-bond donors (Lipinski definition) is 3. The van der Waals surface area contributed by atoms with E-state index in [1.165, 1.54) is 0 Å². The highest BCUT2D eigenvalue weighted by molar-refractivity contribution is 5.76. The van der Waals surface area contributed by atoms with Crippen LogP contribution < -0.4 is 10.6 Å². The lowest BCUT2D eigenvalue weighted by molar-refractivity contribution is -0.141. The molecule has 3 N–H and O–H groups in total. The molecule has 0 saturated carbocycles. The van der Waals surface area contributed by atoms with Crippen molar-refractivity contribution in [2.75, 3.05) is 6.54 Å². The molecule has 0 radical (unpaired) electrons. The molecule has 0 fully saturated rings. The molecule has 2 unspecified atom stereocenters. The smallest absolute Gasteiger partial charge is 0.315 e. The number of urea groups is 1. The summed E-state index contributed by atoms with van der Waals surface area (Å²) in [4.78, 5) is 22.3. The number of hydrogen-bond acceptors (Lipinski definition) is 2. The number of amides is 2. The molecule has 0 aromatic rings. The maximum atomic E-state index is 11.5. The SMILES string of the molecule is CCC(CNC(=O)NC(CC)C(C)C)C(=O)O. The fourth-order valence-electron chi connectivity index (χ4n) is 1.58. The minimum absolute atomic E-state index is 0.125. The van der Waals surface area contributed by atoms with Crippen molar-refractivity contribution < 1.29 is 14.7 Å². The highest BCUT2D eigenvalue weighted by Crippen LogP contribution is 2.05. The Morgan fingerprint density at radius 1 is 1.18 bits per heavy atom. The summed E-state index contributed by atoms with van der Waals surface area (Å²) in [5.74, 6) is -1.02. The van der Waals surface area contributed by atoms with Crippen molar-refractivity contribution in [2.24, 2.45) is 11.8 Å². The summed E-state index contributed by atoms with van der Waals surface area (Å²) in [6.07, 6.45) is 1.37. The molecule has 5 heteroatoms. The first-order valence-corrected chi connectivity index (χ1v) is 6.19. The molecule has 0 aliphatic rings. The maximum Gasteiger partial charge on any atom is 0.315 e. The van der Waals surface area contributed by atoms with Crippen LogP contribution >= 0.6 is 0 Å². The molecule has 2 atom stereocenters. The number of nitrogens with one attached hydrogen (secondary N) is 2. The summed E-state index contributed by atoms with van der Waals surface area (Å²) in [7, 11) is 0. The van der Waals surface area contributed by atoms with Crippen LogP contribution in [-0.2, 0) is 4.79 Å². The lowest BCUT2D eigenvalue weighted by atomic mass is 10.0. The van der Waals surface area contributed by atoms with Gasteiger partial charge >= 0.3 is 12.0 Å². The van der Waals surface area contributed by atoms with Gasteiger partial charge in [-0.05, 0) is 18.8 Å². The minimum atomic E-state index is -0.872. The minimum Gasteiger partial charge on any atom is -0.481 e. The van der Waals surface area contributed by atoms with Crippen LogP contribution in [0.4, 0.5) is 4.79 Å². The third-order valence-corrected chi connectivity index (χ3v) is 2.91. The Morgan fingerprint density at radius 2 is 1.76 bits per heavy atom. The van der Waals surface area contributed by atoms with E-state index in [1.54, 1.807) is 6.92 Å². The van der Waals surface area contributed by atoms with E-state index in [1.807, 2.05) is 20.8 Å². The molecule has 0 aromatic heterocycles. The molecule has 0 aliphatic carbocycles. The van der Waals surface area contributed by atoms with Crippen LogP contribution in [0, 0.1) is 11.8 Å². The zero-order valence-corrected chi connectivity index (χ0v) is 11.1. The number of carboxylic acids is 1. The molecule has 0 bridgehead atoms. The highest BCUT2D eigenvalue weighted by atomic mass is 16.4. The van der Waals surface area contributed by atoms with E-state index in [4.69, 9.17) is 5.11 Å². The van der Waals surface area contributed by atoms with Gasteiger partial charge in [-0.15, -0.1) is 0 Å². The van der Waals surface area contributed by atoms with E-state index in [-0.39, 0.29) is 18.6 Å². The van der Waals surface area contributed by atoms with Gasteiger partial charge in [0.1, 0.15) is 0 Å². The monoisotopic (exact) mass is 244 g/mol. The van der Waals surface area contributed by atoms with Gasteiger partial charge < -0.3 is 15.7 Å². The number of carbonyl (C=O) groups excluding carboxylic acids is 1. The van der Waals surface area contributed by atoms with Crippen molar-refractivity contribution in [3.63, 3.8) is 0 Å². The Labute approximate surface area is 103 Å². The molecule has 0 aliphatic heterocycles. The molecular weight excluding hydrogens is 220 g/mol. The molecule has 5 nitrogen and oxygen atoms in total. The maximum absolute atomic E-state index is 11.5. The van der Waals surface area contributed by atoms with Crippen molar-refractivity contribution in [3.8, 4) is 0 Å². The van der Waals surface area contributed by atoms with Gasteiger partial charge in [-0.1, -0.05) is 27.7 Å². The summed E-state index contributed by atoms with van der Waals surface area (Å²) in [5, 5.41) is 14.3. The van der Waals surface area contributed by atoms with Crippen LogP contribution in [0.3, 0.4) is 0 Å². The van der Waals surface area contributed by atoms with Crippen molar-refractivity contribution in [1.29, 1.82) is 0 Å². The van der Waals surface area contributed by atoms with Gasteiger partial charge in [0, 0.05) is 12.6 Å². The average molecular weight is 244 g/mol. The van der Waals surface area contributed by atoms with Gasteiger partial charge in [-0.2, -0.15) is 0 Å². The molecule has 17 heavy (non-hydrogen) atoms. The largest absolute Gasteiger partial charge is 0.481 e. The first kappa shape index (κ1) is 15.7. The normalized spacial score (nSPS) is 14.2. The lowest BCUT2D eigenvalue weighted by Crippen LogP contribution is -2.46. The van der Waals surface area contributed by atoms with E-state index >= 15 is 0 Å².